The number of rotatable bonds is 8. The molecule has 0 aliphatic rings. The number of thioether (sulfide) groups is 1. The number of thiazole rings is 1. The normalized spacial score (nSPS) is 10.2. The van der Waals surface area contributed by atoms with Gasteiger partial charge in [-0.3, -0.25) is 9.59 Å². The molecule has 0 fully saturated rings. The minimum atomic E-state index is -0.323. The molecule has 6 nitrogen and oxygen atoms in total. The second-order valence-electron chi connectivity index (χ2n) is 4.64. The summed E-state index contributed by atoms with van der Waals surface area (Å²) in [5.41, 5.74) is 0.594. The third-order valence-electron chi connectivity index (χ3n) is 2.86. The van der Waals surface area contributed by atoms with E-state index in [1.54, 1.807) is 19.4 Å². The maximum Gasteiger partial charge on any atom is 0.311 e. The zero-order valence-corrected chi connectivity index (χ0v) is 15.0. The highest BCUT2D eigenvalue weighted by Crippen LogP contribution is 2.22. The van der Waals surface area contributed by atoms with Gasteiger partial charge in [0.25, 0.3) is 0 Å². The number of carbonyl (C=O) groups is 2. The van der Waals surface area contributed by atoms with Crippen LogP contribution in [0.5, 0.6) is 5.75 Å². The van der Waals surface area contributed by atoms with Crippen LogP contribution in [0.2, 0.25) is 0 Å². The maximum atomic E-state index is 12.0. The Kier molecular flexibility index (Phi) is 7.07. The third-order valence-corrected chi connectivity index (χ3v) is 4.68. The summed E-state index contributed by atoms with van der Waals surface area (Å²) in [7, 11) is 1.61. The van der Waals surface area contributed by atoms with E-state index in [4.69, 9.17) is 9.47 Å². The van der Waals surface area contributed by atoms with Crippen LogP contribution in [0.1, 0.15) is 12.6 Å². The molecule has 128 valence electrons. The first-order valence-electron chi connectivity index (χ1n) is 7.27. The van der Waals surface area contributed by atoms with E-state index in [-0.39, 0.29) is 24.1 Å². The van der Waals surface area contributed by atoms with Crippen molar-refractivity contribution in [2.75, 3.05) is 24.8 Å². The topological polar surface area (TPSA) is 77.5 Å². The fraction of sp³-hybridized carbons (Fsp3) is 0.312. The predicted molar refractivity (Wildman–Crippen MR) is 94.8 cm³/mol. The number of carbonyl (C=O) groups excluding carboxylic acids is 2. The third kappa shape index (κ3) is 5.86. The van der Waals surface area contributed by atoms with Gasteiger partial charge in [-0.2, -0.15) is 0 Å². The highest BCUT2D eigenvalue weighted by molar-refractivity contribution is 8.00. The summed E-state index contributed by atoms with van der Waals surface area (Å²) in [6, 6.07) is 7.50. The van der Waals surface area contributed by atoms with Gasteiger partial charge in [0.1, 0.15) is 5.75 Å². The molecule has 1 aromatic heterocycles. The molecular formula is C16H18N2O4S2. The number of anilines is 1. The van der Waals surface area contributed by atoms with Gasteiger partial charge in [-0.05, 0) is 31.2 Å². The van der Waals surface area contributed by atoms with Gasteiger partial charge in [-0.1, -0.05) is 0 Å². The second kappa shape index (κ2) is 9.29. The van der Waals surface area contributed by atoms with Crippen LogP contribution < -0.4 is 10.1 Å². The molecule has 0 aliphatic heterocycles. The second-order valence-corrected chi connectivity index (χ2v) is 6.55. The number of hydrogen-bond donors (Lipinski definition) is 1. The summed E-state index contributed by atoms with van der Waals surface area (Å²) in [4.78, 5) is 28.5. The Morgan fingerprint density at radius 1 is 1.29 bits per heavy atom. The lowest BCUT2D eigenvalue weighted by molar-refractivity contribution is -0.142. The quantitative estimate of drug-likeness (QED) is 0.572. The number of benzene rings is 1. The Morgan fingerprint density at radius 3 is 2.71 bits per heavy atom. The van der Waals surface area contributed by atoms with E-state index >= 15 is 0 Å². The summed E-state index contributed by atoms with van der Waals surface area (Å²) in [5, 5.41) is 4.95. The van der Waals surface area contributed by atoms with Gasteiger partial charge in [-0.15, -0.1) is 23.1 Å². The lowest BCUT2D eigenvalue weighted by atomic mass is 10.3. The van der Waals surface area contributed by atoms with Crippen molar-refractivity contribution >= 4 is 40.1 Å². The van der Waals surface area contributed by atoms with Crippen LogP contribution in [0.25, 0.3) is 0 Å². The molecule has 1 heterocycles. The number of methoxy groups -OCH3 is 1. The average Bonchev–Trinajstić information content (AvgIpc) is 3.00. The van der Waals surface area contributed by atoms with Gasteiger partial charge in [-0.25, -0.2) is 4.98 Å². The van der Waals surface area contributed by atoms with Crippen molar-refractivity contribution in [3.63, 3.8) is 0 Å². The standard InChI is InChI=1S/C16H18N2O4S2/c1-3-22-15(20)8-11-9-24-16(17-11)18-14(19)10-23-13-6-4-12(21-2)5-7-13/h4-7,9H,3,8,10H2,1-2H3,(H,17,18,19). The minimum absolute atomic E-state index is 0.112. The van der Waals surface area contributed by atoms with E-state index in [1.807, 2.05) is 24.3 Å². The molecule has 0 saturated heterocycles. The van der Waals surface area contributed by atoms with Gasteiger partial charge in [0.05, 0.1) is 31.6 Å². The van der Waals surface area contributed by atoms with Crippen LogP contribution >= 0.6 is 23.1 Å². The van der Waals surface area contributed by atoms with E-state index in [0.717, 1.165) is 10.6 Å². The number of nitrogens with one attached hydrogen (secondary N) is 1. The van der Waals surface area contributed by atoms with E-state index in [9.17, 15) is 9.59 Å². The molecule has 0 radical (unpaired) electrons. The van der Waals surface area contributed by atoms with Gasteiger partial charge in [0.15, 0.2) is 5.13 Å². The van der Waals surface area contributed by atoms with Crippen molar-refractivity contribution in [1.82, 2.24) is 4.98 Å². The predicted octanol–water partition coefficient (Wildman–Crippen LogP) is 2.99. The van der Waals surface area contributed by atoms with Crippen molar-refractivity contribution in [1.29, 1.82) is 0 Å². The Balaban J connectivity index is 1.79. The van der Waals surface area contributed by atoms with E-state index in [0.29, 0.717) is 17.4 Å². The number of esters is 1. The molecule has 8 heteroatoms. The number of ether oxygens (including phenoxy) is 2. The van der Waals surface area contributed by atoms with Crippen molar-refractivity contribution < 1.29 is 19.1 Å². The highest BCUT2D eigenvalue weighted by Gasteiger charge is 2.10. The van der Waals surface area contributed by atoms with Crippen molar-refractivity contribution in [3.05, 3.63) is 35.3 Å². The highest BCUT2D eigenvalue weighted by atomic mass is 32.2. The zero-order valence-electron chi connectivity index (χ0n) is 13.4. The Morgan fingerprint density at radius 2 is 2.04 bits per heavy atom. The molecule has 0 unspecified atom stereocenters. The van der Waals surface area contributed by atoms with Crippen molar-refractivity contribution in [3.8, 4) is 5.75 Å². The monoisotopic (exact) mass is 366 g/mol. The van der Waals surface area contributed by atoms with Gasteiger partial charge < -0.3 is 14.8 Å². The van der Waals surface area contributed by atoms with Crippen LogP contribution in [-0.4, -0.2) is 36.3 Å². The summed E-state index contributed by atoms with van der Waals surface area (Å²) in [5.74, 6) is 0.586. The molecular weight excluding hydrogens is 348 g/mol. The Labute approximate surface area is 148 Å². The molecule has 2 aromatic rings. The van der Waals surface area contributed by atoms with Crippen molar-refractivity contribution in [2.45, 2.75) is 18.2 Å². The molecule has 1 N–H and O–H groups in total. The molecule has 0 bridgehead atoms. The zero-order chi connectivity index (χ0) is 17.4. The van der Waals surface area contributed by atoms with Gasteiger partial charge in [0, 0.05) is 10.3 Å². The molecule has 0 saturated carbocycles. The number of amides is 1. The molecule has 0 atom stereocenters. The number of nitrogens with zero attached hydrogens (tertiary/aromatic N) is 1. The van der Waals surface area contributed by atoms with Crippen LogP contribution in [0.3, 0.4) is 0 Å². The molecule has 0 spiro atoms. The largest absolute Gasteiger partial charge is 0.497 e. The summed E-state index contributed by atoms with van der Waals surface area (Å²) in [6.45, 7) is 2.10. The van der Waals surface area contributed by atoms with Gasteiger partial charge >= 0.3 is 5.97 Å². The van der Waals surface area contributed by atoms with Crippen LogP contribution in [0.15, 0.2) is 34.5 Å². The first-order valence-corrected chi connectivity index (χ1v) is 9.14. The first kappa shape index (κ1) is 18.3. The Hall–Kier alpha value is -2.06. The summed E-state index contributed by atoms with van der Waals surface area (Å²) >= 11 is 2.71. The molecule has 0 aliphatic carbocycles. The minimum Gasteiger partial charge on any atom is -0.497 e. The average molecular weight is 366 g/mol. The fourth-order valence-electron chi connectivity index (χ4n) is 1.78. The number of aromatic nitrogens is 1. The summed E-state index contributed by atoms with van der Waals surface area (Å²) < 4.78 is 9.96. The van der Waals surface area contributed by atoms with Gasteiger partial charge in [0.2, 0.25) is 5.91 Å². The van der Waals surface area contributed by atoms with Crippen molar-refractivity contribution in [2.24, 2.45) is 0 Å². The molecule has 2 rings (SSSR count). The van der Waals surface area contributed by atoms with E-state index < -0.39 is 0 Å². The lowest BCUT2D eigenvalue weighted by Gasteiger charge is -2.03. The Bertz CT molecular complexity index is 686. The SMILES string of the molecule is CCOC(=O)Cc1csc(NC(=O)CSc2ccc(OC)cc2)n1. The first-order chi connectivity index (χ1) is 11.6. The van der Waals surface area contributed by atoms with Crippen LogP contribution in [0.4, 0.5) is 5.13 Å². The fourth-order valence-corrected chi connectivity index (χ4v) is 3.21. The van der Waals surface area contributed by atoms with Crippen LogP contribution in [-0.2, 0) is 20.7 Å². The van der Waals surface area contributed by atoms with Crippen LogP contribution in [0, 0.1) is 0 Å². The maximum absolute atomic E-state index is 12.0. The summed E-state index contributed by atoms with van der Waals surface area (Å²) in [6.07, 6.45) is 0.112. The van der Waals surface area contributed by atoms with E-state index in [2.05, 4.69) is 10.3 Å². The molecule has 1 aromatic carbocycles. The smallest absolute Gasteiger partial charge is 0.311 e. The lowest BCUT2D eigenvalue weighted by Crippen LogP contribution is -2.14. The van der Waals surface area contributed by atoms with E-state index in [1.165, 1.54) is 23.1 Å². The molecule has 24 heavy (non-hydrogen) atoms. The molecule has 1 amide bonds. The number of hydrogen-bond acceptors (Lipinski definition) is 7.